The second-order valence-electron chi connectivity index (χ2n) is 9.99. The van der Waals surface area contributed by atoms with Gasteiger partial charge in [-0.3, -0.25) is 0 Å². The normalized spacial score (nSPS) is 18.6. The van der Waals surface area contributed by atoms with Gasteiger partial charge in [0.25, 0.3) is 0 Å². The van der Waals surface area contributed by atoms with Gasteiger partial charge < -0.3 is 0 Å². The third-order valence-electron chi connectivity index (χ3n) is 7.62. The van der Waals surface area contributed by atoms with Gasteiger partial charge in [0.1, 0.15) is 0 Å². The van der Waals surface area contributed by atoms with E-state index in [2.05, 4.69) is 6.08 Å². The molecular formula is C32H30O6Ti. The fourth-order valence-corrected chi connectivity index (χ4v) is 10.1. The molecule has 5 rings (SSSR count). The molecule has 0 heterocycles. The van der Waals surface area contributed by atoms with Crippen LogP contribution in [0, 0.1) is 0 Å². The van der Waals surface area contributed by atoms with Gasteiger partial charge in [0, 0.05) is 0 Å². The SMILES string of the molecule is CC1=CC2=C(CCCC2)[C]1(C)[Ti]([O]C(=O)c1ccccc1)([O]C(=O)c1ccccc1)[O]C(=O)c1ccccc1. The number of rotatable bonds is 7. The number of hydrogen-bond donors (Lipinski definition) is 0. The minimum absolute atomic E-state index is 0.278. The van der Waals surface area contributed by atoms with Gasteiger partial charge in [0.15, 0.2) is 0 Å². The number of hydrogen-bond acceptors (Lipinski definition) is 6. The van der Waals surface area contributed by atoms with Gasteiger partial charge in [-0.2, -0.15) is 0 Å². The van der Waals surface area contributed by atoms with Crippen LogP contribution >= 0.6 is 0 Å². The molecule has 198 valence electrons. The first kappa shape index (κ1) is 26.9. The van der Waals surface area contributed by atoms with Crippen LogP contribution in [0.2, 0.25) is 3.72 Å². The molecule has 0 saturated carbocycles. The maximum atomic E-state index is 13.7. The van der Waals surface area contributed by atoms with Crippen LogP contribution in [0.3, 0.4) is 0 Å². The maximum absolute atomic E-state index is 13.7. The Morgan fingerprint density at radius 1 is 0.641 bits per heavy atom. The Morgan fingerprint density at radius 2 is 1.03 bits per heavy atom. The van der Waals surface area contributed by atoms with Gasteiger partial charge in [0.05, 0.1) is 0 Å². The van der Waals surface area contributed by atoms with E-state index >= 15 is 0 Å². The van der Waals surface area contributed by atoms with Crippen LogP contribution in [-0.4, -0.2) is 17.9 Å². The zero-order valence-corrected chi connectivity index (χ0v) is 23.6. The molecular weight excluding hydrogens is 528 g/mol. The Bertz CT molecular complexity index is 1320. The molecule has 7 heteroatoms. The fourth-order valence-electron chi connectivity index (χ4n) is 5.36. The summed E-state index contributed by atoms with van der Waals surface area (Å²) in [5.41, 5.74) is 3.85. The van der Waals surface area contributed by atoms with Crippen molar-refractivity contribution in [2.75, 3.05) is 0 Å². The number of allylic oxidation sites excluding steroid dienone is 4. The first-order valence-corrected chi connectivity index (χ1v) is 15.8. The molecule has 0 bridgehead atoms. The van der Waals surface area contributed by atoms with E-state index in [1.807, 2.05) is 13.8 Å². The van der Waals surface area contributed by atoms with E-state index in [0.29, 0.717) is 0 Å². The number of carbonyl (C=O) groups excluding carboxylic acids is 3. The average molecular weight is 558 g/mol. The standard InChI is InChI=1S/C11H15.3C7H6O2.Ti/c1-8-7-10-5-3-4-6-11(10)9(8)2;3*8-7(9)6-4-2-1-3-5-6;/h7H,3-6H2,1-2H3;3*1-5H,(H,8,9);/q;;;;+3/p-3. The summed E-state index contributed by atoms with van der Waals surface area (Å²) in [4.78, 5) is 41.0. The summed E-state index contributed by atoms with van der Waals surface area (Å²) in [6.45, 7) is 3.84. The van der Waals surface area contributed by atoms with E-state index in [1.165, 1.54) is 0 Å². The van der Waals surface area contributed by atoms with Gasteiger partial charge in [0.2, 0.25) is 0 Å². The van der Waals surface area contributed by atoms with Crippen LogP contribution in [0.1, 0.15) is 70.6 Å². The van der Waals surface area contributed by atoms with Crippen molar-refractivity contribution in [2.45, 2.75) is 43.3 Å². The Morgan fingerprint density at radius 3 is 1.44 bits per heavy atom. The molecule has 6 nitrogen and oxygen atoms in total. The Hall–Kier alpha value is -3.74. The summed E-state index contributed by atoms with van der Waals surface area (Å²) in [6, 6.07) is 25.5. The average Bonchev–Trinajstić information content (AvgIpc) is 3.25. The molecule has 0 fully saturated rings. The van der Waals surface area contributed by atoms with Crippen LogP contribution in [0.15, 0.2) is 114 Å². The Balaban J connectivity index is 1.68. The second-order valence-corrected chi connectivity index (χ2v) is 14.2. The first-order chi connectivity index (χ1) is 18.8. The van der Waals surface area contributed by atoms with E-state index in [0.717, 1.165) is 42.4 Å². The van der Waals surface area contributed by atoms with Crippen LogP contribution in [0.4, 0.5) is 0 Å². The fraction of sp³-hybridized carbons (Fsp3) is 0.219. The van der Waals surface area contributed by atoms with E-state index < -0.39 is 39.4 Å². The minimum atomic E-state index is -5.32. The van der Waals surface area contributed by atoms with E-state index in [-0.39, 0.29) is 16.7 Å². The van der Waals surface area contributed by atoms with Crippen molar-refractivity contribution in [3.05, 3.63) is 130 Å². The predicted molar refractivity (Wildman–Crippen MR) is 143 cm³/mol. The van der Waals surface area contributed by atoms with Crippen LogP contribution in [0.25, 0.3) is 0 Å². The molecule has 1 unspecified atom stereocenters. The third kappa shape index (κ3) is 5.14. The van der Waals surface area contributed by atoms with E-state index in [1.54, 1.807) is 91.0 Å². The Kier molecular flexibility index (Phi) is 7.69. The molecule has 3 aromatic carbocycles. The summed E-state index contributed by atoms with van der Waals surface area (Å²) in [6.07, 6.45) is 5.67. The molecule has 0 saturated heterocycles. The van der Waals surface area contributed by atoms with Crippen molar-refractivity contribution in [2.24, 2.45) is 0 Å². The van der Waals surface area contributed by atoms with Gasteiger partial charge in [-0.15, -0.1) is 0 Å². The monoisotopic (exact) mass is 558 g/mol. The molecule has 2 aliphatic rings. The second kappa shape index (κ2) is 11.2. The zero-order valence-electron chi connectivity index (χ0n) is 22.0. The molecule has 0 aromatic heterocycles. The van der Waals surface area contributed by atoms with Crippen LogP contribution in [-0.2, 0) is 27.7 Å². The van der Waals surface area contributed by atoms with E-state index in [4.69, 9.17) is 9.96 Å². The molecule has 0 amide bonds. The van der Waals surface area contributed by atoms with Gasteiger partial charge in [-0.05, 0) is 0 Å². The topological polar surface area (TPSA) is 78.9 Å². The van der Waals surface area contributed by atoms with Crippen LogP contribution < -0.4 is 0 Å². The zero-order chi connectivity index (χ0) is 27.5. The summed E-state index contributed by atoms with van der Waals surface area (Å²) in [5, 5.41) is 0. The van der Waals surface area contributed by atoms with Crippen molar-refractivity contribution in [1.29, 1.82) is 0 Å². The summed E-state index contributed by atoms with van der Waals surface area (Å²) in [7, 11) is 0. The van der Waals surface area contributed by atoms with Crippen molar-refractivity contribution < 1.29 is 42.1 Å². The predicted octanol–water partition coefficient (Wildman–Crippen LogP) is 7.47. The van der Waals surface area contributed by atoms with Gasteiger partial charge in [-0.25, -0.2) is 0 Å². The summed E-state index contributed by atoms with van der Waals surface area (Å²) >= 11 is -5.32. The quantitative estimate of drug-likeness (QED) is 0.280. The molecule has 1 atom stereocenters. The molecule has 39 heavy (non-hydrogen) atoms. The van der Waals surface area contributed by atoms with Gasteiger partial charge >= 0.3 is 234 Å². The molecule has 3 aromatic rings. The number of benzene rings is 3. The summed E-state index contributed by atoms with van der Waals surface area (Å²) < 4.78 is 17.8. The van der Waals surface area contributed by atoms with Crippen molar-refractivity contribution in [1.82, 2.24) is 0 Å². The molecule has 0 N–H and O–H groups in total. The first-order valence-electron chi connectivity index (χ1n) is 13.1. The van der Waals surface area contributed by atoms with Crippen molar-refractivity contribution in [3.8, 4) is 0 Å². The third-order valence-corrected chi connectivity index (χ3v) is 12.7. The molecule has 2 aliphatic carbocycles. The van der Waals surface area contributed by atoms with Gasteiger partial charge in [-0.1, -0.05) is 0 Å². The molecule has 0 aliphatic heterocycles. The summed E-state index contributed by atoms with van der Waals surface area (Å²) in [5.74, 6) is -2.09. The molecule has 0 radical (unpaired) electrons. The number of carbonyl (C=O) groups is 3. The van der Waals surface area contributed by atoms with E-state index in [9.17, 15) is 14.4 Å². The van der Waals surface area contributed by atoms with Crippen LogP contribution in [0.5, 0.6) is 0 Å². The van der Waals surface area contributed by atoms with Crippen molar-refractivity contribution in [3.63, 3.8) is 0 Å². The molecule has 0 spiro atoms. The Labute approximate surface area is 233 Å². The van der Waals surface area contributed by atoms with Crippen molar-refractivity contribution >= 4 is 17.9 Å².